The Balaban J connectivity index is 2.08. The summed E-state index contributed by atoms with van der Waals surface area (Å²) < 4.78 is 0.986. The number of carboxylic acid groups (broad SMARTS) is 1. The SMILES string of the molecule is CN(Cc1cc(C(=O)O)ccc1Br)C1CCCCC1. The largest absolute Gasteiger partial charge is 0.478 e. The van der Waals surface area contributed by atoms with Gasteiger partial charge in [-0.15, -0.1) is 0 Å². The summed E-state index contributed by atoms with van der Waals surface area (Å²) in [6, 6.07) is 5.87. The van der Waals surface area contributed by atoms with E-state index in [0.717, 1.165) is 16.6 Å². The highest BCUT2D eigenvalue weighted by Crippen LogP contribution is 2.25. The number of rotatable bonds is 4. The highest BCUT2D eigenvalue weighted by atomic mass is 79.9. The van der Waals surface area contributed by atoms with Crippen LogP contribution in [0.2, 0.25) is 0 Å². The summed E-state index contributed by atoms with van der Waals surface area (Å²) in [5.74, 6) is -0.867. The highest BCUT2D eigenvalue weighted by Gasteiger charge is 2.19. The molecule has 1 aromatic rings. The Morgan fingerprint density at radius 2 is 2.05 bits per heavy atom. The molecule has 1 N–H and O–H groups in total. The molecule has 0 radical (unpaired) electrons. The second kappa shape index (κ2) is 6.53. The van der Waals surface area contributed by atoms with Gasteiger partial charge in [0.2, 0.25) is 0 Å². The van der Waals surface area contributed by atoms with Gasteiger partial charge in [-0.3, -0.25) is 4.90 Å². The number of hydrogen-bond acceptors (Lipinski definition) is 2. The smallest absolute Gasteiger partial charge is 0.335 e. The topological polar surface area (TPSA) is 40.5 Å². The van der Waals surface area contributed by atoms with E-state index < -0.39 is 5.97 Å². The molecule has 0 aliphatic heterocycles. The van der Waals surface area contributed by atoms with E-state index in [0.29, 0.717) is 11.6 Å². The molecule has 0 unspecified atom stereocenters. The lowest BCUT2D eigenvalue weighted by molar-refractivity contribution is 0.0696. The van der Waals surface area contributed by atoms with E-state index in [9.17, 15) is 4.79 Å². The van der Waals surface area contributed by atoms with Crippen LogP contribution in [0.1, 0.15) is 48.0 Å². The maximum atomic E-state index is 11.0. The fourth-order valence-corrected chi connectivity index (χ4v) is 3.12. The van der Waals surface area contributed by atoms with Crippen molar-refractivity contribution < 1.29 is 9.90 Å². The van der Waals surface area contributed by atoms with E-state index in [1.807, 2.05) is 6.07 Å². The minimum atomic E-state index is -0.867. The number of hydrogen-bond donors (Lipinski definition) is 1. The van der Waals surface area contributed by atoms with Crippen molar-refractivity contribution in [2.45, 2.75) is 44.7 Å². The van der Waals surface area contributed by atoms with Gasteiger partial charge in [-0.1, -0.05) is 35.2 Å². The number of nitrogens with zero attached hydrogens (tertiary/aromatic N) is 1. The lowest BCUT2D eigenvalue weighted by Gasteiger charge is -2.31. The van der Waals surface area contributed by atoms with Gasteiger partial charge >= 0.3 is 5.97 Å². The van der Waals surface area contributed by atoms with Crippen LogP contribution in [0.25, 0.3) is 0 Å². The normalized spacial score (nSPS) is 16.8. The van der Waals surface area contributed by atoms with Crippen molar-refractivity contribution in [3.05, 3.63) is 33.8 Å². The number of aromatic carboxylic acids is 1. The second-order valence-corrected chi connectivity index (χ2v) is 6.17. The number of benzene rings is 1. The molecule has 0 aromatic heterocycles. The van der Waals surface area contributed by atoms with Crippen LogP contribution in [0, 0.1) is 0 Å². The van der Waals surface area contributed by atoms with E-state index in [1.165, 1.54) is 32.1 Å². The van der Waals surface area contributed by atoms with Crippen LogP contribution in [0.5, 0.6) is 0 Å². The molecule has 1 aliphatic carbocycles. The molecule has 1 aliphatic rings. The molecule has 104 valence electrons. The Bertz CT molecular complexity index is 455. The van der Waals surface area contributed by atoms with Crippen LogP contribution in [0.3, 0.4) is 0 Å². The zero-order valence-electron chi connectivity index (χ0n) is 11.2. The van der Waals surface area contributed by atoms with Gasteiger partial charge in [0.1, 0.15) is 0 Å². The van der Waals surface area contributed by atoms with Crippen LogP contribution >= 0.6 is 15.9 Å². The van der Waals surface area contributed by atoms with Crippen LogP contribution in [0.15, 0.2) is 22.7 Å². The van der Waals surface area contributed by atoms with Crippen molar-refractivity contribution in [3.63, 3.8) is 0 Å². The predicted octanol–water partition coefficient (Wildman–Crippen LogP) is 3.91. The first-order valence-electron chi connectivity index (χ1n) is 6.80. The van der Waals surface area contributed by atoms with E-state index in [4.69, 9.17) is 5.11 Å². The molecule has 2 rings (SSSR count). The van der Waals surface area contributed by atoms with Gasteiger partial charge in [0.15, 0.2) is 0 Å². The van der Waals surface area contributed by atoms with Gasteiger partial charge in [-0.05, 0) is 43.7 Å². The lowest BCUT2D eigenvalue weighted by atomic mass is 9.94. The summed E-state index contributed by atoms with van der Waals surface area (Å²) in [6.07, 6.45) is 6.48. The summed E-state index contributed by atoms with van der Waals surface area (Å²) in [7, 11) is 2.13. The standard InChI is InChI=1S/C15H20BrNO2/c1-17(13-5-3-2-4-6-13)10-12-9-11(15(18)19)7-8-14(12)16/h7-9,13H,2-6,10H2,1H3,(H,18,19). The van der Waals surface area contributed by atoms with E-state index in [-0.39, 0.29) is 0 Å². The summed E-state index contributed by atoms with van der Waals surface area (Å²) in [5, 5.41) is 9.05. The Morgan fingerprint density at radius 1 is 1.37 bits per heavy atom. The first kappa shape index (κ1) is 14.5. The van der Waals surface area contributed by atoms with Gasteiger partial charge in [-0.25, -0.2) is 4.79 Å². The Labute approximate surface area is 122 Å². The van der Waals surface area contributed by atoms with Gasteiger partial charge in [0, 0.05) is 17.1 Å². The van der Waals surface area contributed by atoms with Gasteiger partial charge < -0.3 is 5.11 Å². The van der Waals surface area contributed by atoms with Crippen LogP contribution in [-0.4, -0.2) is 29.1 Å². The zero-order valence-corrected chi connectivity index (χ0v) is 12.8. The monoisotopic (exact) mass is 325 g/mol. The number of carbonyl (C=O) groups is 1. The maximum Gasteiger partial charge on any atom is 0.335 e. The van der Waals surface area contributed by atoms with Crippen LogP contribution in [-0.2, 0) is 6.54 Å². The Kier molecular flexibility index (Phi) is 4.99. The molecule has 3 nitrogen and oxygen atoms in total. The zero-order chi connectivity index (χ0) is 13.8. The molecule has 0 spiro atoms. The van der Waals surface area contributed by atoms with Crippen molar-refractivity contribution in [2.24, 2.45) is 0 Å². The predicted molar refractivity (Wildman–Crippen MR) is 79.4 cm³/mol. The average molecular weight is 326 g/mol. The number of halogens is 1. The molecule has 4 heteroatoms. The third kappa shape index (κ3) is 3.80. The van der Waals surface area contributed by atoms with Crippen molar-refractivity contribution in [2.75, 3.05) is 7.05 Å². The quantitative estimate of drug-likeness (QED) is 0.912. The summed E-state index contributed by atoms with van der Waals surface area (Å²) in [5.41, 5.74) is 1.41. The molecule has 0 bridgehead atoms. The molecule has 1 saturated carbocycles. The molecule has 0 saturated heterocycles. The Hall–Kier alpha value is -0.870. The van der Waals surface area contributed by atoms with E-state index in [1.54, 1.807) is 12.1 Å². The van der Waals surface area contributed by atoms with E-state index in [2.05, 4.69) is 27.9 Å². The average Bonchev–Trinajstić information content (AvgIpc) is 2.42. The van der Waals surface area contributed by atoms with E-state index >= 15 is 0 Å². The maximum absolute atomic E-state index is 11.0. The minimum Gasteiger partial charge on any atom is -0.478 e. The van der Waals surface area contributed by atoms with Gasteiger partial charge in [0.25, 0.3) is 0 Å². The molecular weight excluding hydrogens is 306 g/mol. The third-order valence-corrected chi connectivity index (χ3v) is 4.68. The number of carboxylic acids is 1. The first-order valence-corrected chi connectivity index (χ1v) is 7.59. The summed E-state index contributed by atoms with van der Waals surface area (Å²) in [4.78, 5) is 13.4. The molecule has 0 heterocycles. The van der Waals surface area contributed by atoms with Crippen LogP contribution in [0.4, 0.5) is 0 Å². The summed E-state index contributed by atoms with van der Waals surface area (Å²) >= 11 is 3.51. The molecule has 1 aromatic carbocycles. The lowest BCUT2D eigenvalue weighted by Crippen LogP contribution is -2.33. The summed E-state index contributed by atoms with van der Waals surface area (Å²) in [6.45, 7) is 0.798. The van der Waals surface area contributed by atoms with Crippen molar-refractivity contribution in [1.29, 1.82) is 0 Å². The second-order valence-electron chi connectivity index (χ2n) is 5.32. The minimum absolute atomic E-state index is 0.357. The molecule has 0 amide bonds. The first-order chi connectivity index (χ1) is 9.08. The van der Waals surface area contributed by atoms with Gasteiger partial charge in [-0.2, -0.15) is 0 Å². The molecule has 19 heavy (non-hydrogen) atoms. The molecule has 1 fully saturated rings. The van der Waals surface area contributed by atoms with Crippen molar-refractivity contribution in [1.82, 2.24) is 4.90 Å². The Morgan fingerprint density at radius 3 is 2.68 bits per heavy atom. The molecular formula is C15H20BrNO2. The van der Waals surface area contributed by atoms with Gasteiger partial charge in [0.05, 0.1) is 5.56 Å². The third-order valence-electron chi connectivity index (χ3n) is 3.91. The highest BCUT2D eigenvalue weighted by molar-refractivity contribution is 9.10. The fraction of sp³-hybridized carbons (Fsp3) is 0.533. The van der Waals surface area contributed by atoms with Crippen LogP contribution < -0.4 is 0 Å². The van der Waals surface area contributed by atoms with Crippen molar-refractivity contribution in [3.8, 4) is 0 Å². The fourth-order valence-electron chi connectivity index (χ4n) is 2.75. The van der Waals surface area contributed by atoms with Crippen molar-refractivity contribution >= 4 is 21.9 Å². The molecule has 0 atom stereocenters.